The van der Waals surface area contributed by atoms with Crippen LogP contribution in [0.2, 0.25) is 5.02 Å². The number of carbonyl (C=O) groups is 2. The Hall–Kier alpha value is -1.66. The summed E-state index contributed by atoms with van der Waals surface area (Å²) in [4.78, 5) is 23.8. The molecule has 0 saturated heterocycles. The van der Waals surface area contributed by atoms with Crippen molar-refractivity contribution in [3.05, 3.63) is 53.6 Å². The first kappa shape index (κ1) is 31.6. The standard InChI is InChI=1S/C25H31ClN2O7S.Na/c26-22-9-5-20(6-10-22)21-7-11-23(12-8-21)28-25(30)35-16-19-3-1-18(2-4-19)15-34-17-24(29)27-13-14-36(31,32)33;/h5-12,18-19H,1-4,13-17H2,(H,27,29)(H,28,30)(H,31,32,33);/q;+1/p-1. The van der Waals surface area contributed by atoms with Crippen LogP contribution in [0.15, 0.2) is 48.5 Å². The fourth-order valence-electron chi connectivity index (χ4n) is 3.99. The van der Waals surface area contributed by atoms with Crippen molar-refractivity contribution in [1.29, 1.82) is 0 Å². The van der Waals surface area contributed by atoms with E-state index in [1.807, 2.05) is 48.5 Å². The summed E-state index contributed by atoms with van der Waals surface area (Å²) in [6.07, 6.45) is 3.10. The number of nitrogens with one attached hydrogen (secondary N) is 2. The molecule has 12 heteroatoms. The average Bonchev–Trinajstić information content (AvgIpc) is 2.84. The predicted molar refractivity (Wildman–Crippen MR) is 136 cm³/mol. The van der Waals surface area contributed by atoms with Gasteiger partial charge in [-0.1, -0.05) is 35.9 Å². The van der Waals surface area contributed by atoms with Gasteiger partial charge in [-0.25, -0.2) is 13.2 Å². The molecule has 37 heavy (non-hydrogen) atoms. The Morgan fingerprint density at radius 1 is 0.919 bits per heavy atom. The predicted octanol–water partition coefficient (Wildman–Crippen LogP) is 1.04. The summed E-state index contributed by atoms with van der Waals surface area (Å²) >= 11 is 5.93. The van der Waals surface area contributed by atoms with Crippen molar-refractivity contribution in [2.75, 3.05) is 37.4 Å². The Kier molecular flexibility index (Phi) is 13.4. The van der Waals surface area contributed by atoms with Gasteiger partial charge in [0.05, 0.1) is 29.1 Å². The van der Waals surface area contributed by atoms with Crippen molar-refractivity contribution in [2.45, 2.75) is 25.7 Å². The fraction of sp³-hybridized carbons (Fsp3) is 0.440. The molecule has 2 N–H and O–H groups in total. The van der Waals surface area contributed by atoms with E-state index >= 15 is 0 Å². The van der Waals surface area contributed by atoms with E-state index in [-0.39, 0.29) is 48.6 Å². The monoisotopic (exact) mass is 560 g/mol. The van der Waals surface area contributed by atoms with Crippen molar-refractivity contribution in [3.8, 4) is 11.1 Å². The molecule has 1 aliphatic carbocycles. The largest absolute Gasteiger partial charge is 1.00 e. The number of hydrogen-bond donors (Lipinski definition) is 2. The summed E-state index contributed by atoms with van der Waals surface area (Å²) < 4.78 is 42.4. The number of halogens is 1. The smallest absolute Gasteiger partial charge is 0.748 e. The maximum atomic E-state index is 12.2. The molecule has 2 aromatic rings. The molecule has 3 rings (SSSR count). The molecule has 2 amide bonds. The van der Waals surface area contributed by atoms with E-state index < -0.39 is 27.9 Å². The Labute approximate surface area is 244 Å². The van der Waals surface area contributed by atoms with Gasteiger partial charge >= 0.3 is 35.7 Å². The number of carbonyl (C=O) groups excluding carboxylic acids is 2. The van der Waals surface area contributed by atoms with Crippen LogP contribution in [0.5, 0.6) is 0 Å². The quantitative estimate of drug-likeness (QED) is 0.310. The molecular weight excluding hydrogens is 531 g/mol. The van der Waals surface area contributed by atoms with Gasteiger partial charge in [0.25, 0.3) is 0 Å². The van der Waals surface area contributed by atoms with E-state index in [2.05, 4.69) is 10.6 Å². The van der Waals surface area contributed by atoms with Gasteiger partial charge in [0.15, 0.2) is 0 Å². The van der Waals surface area contributed by atoms with Crippen LogP contribution < -0.4 is 40.2 Å². The summed E-state index contributed by atoms with van der Waals surface area (Å²) in [7, 11) is -4.35. The zero-order valence-electron chi connectivity index (χ0n) is 20.8. The molecule has 1 fully saturated rings. The van der Waals surface area contributed by atoms with Crippen molar-refractivity contribution in [3.63, 3.8) is 0 Å². The zero-order valence-corrected chi connectivity index (χ0v) is 24.4. The molecule has 196 valence electrons. The minimum absolute atomic E-state index is 0. The van der Waals surface area contributed by atoms with E-state index in [4.69, 9.17) is 21.1 Å². The molecule has 0 aromatic heterocycles. The van der Waals surface area contributed by atoms with Gasteiger partial charge in [0, 0.05) is 17.3 Å². The van der Waals surface area contributed by atoms with E-state index in [0.717, 1.165) is 36.8 Å². The van der Waals surface area contributed by atoms with Crippen LogP contribution in [-0.2, 0) is 24.4 Å². The van der Waals surface area contributed by atoms with Crippen LogP contribution in [0.25, 0.3) is 11.1 Å². The van der Waals surface area contributed by atoms with Crippen LogP contribution in [0.1, 0.15) is 25.7 Å². The molecule has 0 heterocycles. The molecule has 9 nitrogen and oxygen atoms in total. The zero-order chi connectivity index (χ0) is 26.0. The number of rotatable bonds is 11. The maximum absolute atomic E-state index is 12.2. The molecule has 1 aliphatic rings. The molecule has 0 unspecified atom stereocenters. The van der Waals surface area contributed by atoms with E-state index in [1.54, 1.807) is 0 Å². The number of benzene rings is 2. The first-order valence-corrected chi connectivity index (χ1v) is 13.7. The first-order chi connectivity index (χ1) is 17.2. The van der Waals surface area contributed by atoms with E-state index in [0.29, 0.717) is 29.8 Å². The summed E-state index contributed by atoms with van der Waals surface area (Å²) in [6, 6.07) is 15.0. The van der Waals surface area contributed by atoms with Gasteiger partial charge in [0.2, 0.25) is 5.91 Å². The summed E-state index contributed by atoms with van der Waals surface area (Å²) in [5, 5.41) is 5.77. The Balaban J connectivity index is 0.00000481. The van der Waals surface area contributed by atoms with Crippen LogP contribution >= 0.6 is 11.6 Å². The van der Waals surface area contributed by atoms with E-state index in [1.165, 1.54) is 0 Å². The Morgan fingerprint density at radius 2 is 1.46 bits per heavy atom. The second-order valence-corrected chi connectivity index (χ2v) is 10.8. The Bertz CT molecular complexity index is 1110. The first-order valence-electron chi connectivity index (χ1n) is 11.8. The van der Waals surface area contributed by atoms with Crippen molar-refractivity contribution >= 4 is 39.4 Å². The molecule has 2 aromatic carbocycles. The third-order valence-electron chi connectivity index (χ3n) is 5.99. The van der Waals surface area contributed by atoms with Crippen LogP contribution in [0.3, 0.4) is 0 Å². The minimum Gasteiger partial charge on any atom is -0.748 e. The third-order valence-corrected chi connectivity index (χ3v) is 6.94. The van der Waals surface area contributed by atoms with Crippen molar-refractivity contribution < 1.29 is 61.6 Å². The van der Waals surface area contributed by atoms with Gasteiger partial charge in [-0.15, -0.1) is 0 Å². The maximum Gasteiger partial charge on any atom is 1.00 e. The summed E-state index contributed by atoms with van der Waals surface area (Å²) in [5.41, 5.74) is 2.70. The van der Waals surface area contributed by atoms with Gasteiger partial charge < -0.3 is 19.3 Å². The second-order valence-electron chi connectivity index (χ2n) is 8.82. The van der Waals surface area contributed by atoms with Crippen molar-refractivity contribution in [2.24, 2.45) is 11.8 Å². The SMILES string of the molecule is O=C(COCC1CCC(COC(=O)Nc2ccc(-c3ccc(Cl)cc3)cc2)CC1)NCCS(=O)(=O)[O-].[Na+]. The van der Waals surface area contributed by atoms with Gasteiger partial charge in [0.1, 0.15) is 6.61 Å². The molecule has 0 bridgehead atoms. The van der Waals surface area contributed by atoms with E-state index in [9.17, 15) is 22.6 Å². The van der Waals surface area contributed by atoms with Crippen LogP contribution in [0.4, 0.5) is 10.5 Å². The number of amides is 2. The summed E-state index contributed by atoms with van der Waals surface area (Å²) in [6.45, 7) is 0.366. The number of ether oxygens (including phenoxy) is 2. The van der Waals surface area contributed by atoms with Crippen molar-refractivity contribution in [1.82, 2.24) is 5.32 Å². The number of anilines is 1. The van der Waals surface area contributed by atoms with Crippen LogP contribution in [0, 0.1) is 11.8 Å². The van der Waals surface area contributed by atoms with Gasteiger partial charge in [-0.05, 0) is 72.9 Å². The van der Waals surface area contributed by atoms with Gasteiger partial charge in [-0.2, -0.15) is 0 Å². The minimum atomic E-state index is -4.35. The molecule has 0 spiro atoms. The molecule has 0 atom stereocenters. The normalized spacial score (nSPS) is 17.4. The molecule has 0 aliphatic heterocycles. The van der Waals surface area contributed by atoms with Gasteiger partial charge in [-0.3, -0.25) is 10.1 Å². The topological polar surface area (TPSA) is 134 Å². The number of hydrogen-bond acceptors (Lipinski definition) is 7. The second kappa shape index (κ2) is 15.7. The Morgan fingerprint density at radius 3 is 2.03 bits per heavy atom. The summed E-state index contributed by atoms with van der Waals surface area (Å²) in [5.74, 6) is -0.508. The fourth-order valence-corrected chi connectivity index (χ4v) is 4.46. The molecule has 0 radical (unpaired) electrons. The molecular formula is C25H30ClN2NaO7S. The third kappa shape index (κ3) is 12.2. The van der Waals surface area contributed by atoms with Crippen LogP contribution in [-0.4, -0.2) is 57.1 Å². The average molecular weight is 561 g/mol. The molecule has 1 saturated carbocycles.